The van der Waals surface area contributed by atoms with Crippen LogP contribution in [0, 0.1) is 0 Å². The first-order valence-corrected chi connectivity index (χ1v) is 8.09. The Labute approximate surface area is 148 Å². The van der Waals surface area contributed by atoms with Gasteiger partial charge in [0.1, 0.15) is 24.8 Å². The minimum atomic E-state index is -1.18. The van der Waals surface area contributed by atoms with Gasteiger partial charge in [0, 0.05) is 25.0 Å². The van der Waals surface area contributed by atoms with Crippen LogP contribution in [0.25, 0.3) is 0 Å². The van der Waals surface area contributed by atoms with Gasteiger partial charge in [0.2, 0.25) is 0 Å². The third-order valence-electron chi connectivity index (χ3n) is 4.05. The van der Waals surface area contributed by atoms with Crippen LogP contribution >= 0.6 is 11.6 Å². The second-order valence-electron chi connectivity index (χ2n) is 5.81. The molecule has 2 aliphatic rings. The van der Waals surface area contributed by atoms with Crippen LogP contribution in [0.15, 0.2) is 24.3 Å². The summed E-state index contributed by atoms with van der Waals surface area (Å²) in [6.07, 6.45) is -1.28. The summed E-state index contributed by atoms with van der Waals surface area (Å²) in [7, 11) is 1.31. The van der Waals surface area contributed by atoms with E-state index in [9.17, 15) is 18.8 Å². The average molecular weight is 371 g/mol. The molecule has 1 aromatic rings. The van der Waals surface area contributed by atoms with Gasteiger partial charge < -0.3 is 9.47 Å². The highest BCUT2D eigenvalue weighted by Crippen LogP contribution is 2.32. The number of ether oxygens (including phenoxy) is 2. The summed E-state index contributed by atoms with van der Waals surface area (Å²) in [5.74, 6) is -1.67. The van der Waals surface area contributed by atoms with Gasteiger partial charge in [-0.15, -0.1) is 11.6 Å². The Kier molecular flexibility index (Phi) is 4.91. The molecular formula is C16H16ClFN2O5. The number of anilines is 1. The van der Waals surface area contributed by atoms with Crippen LogP contribution in [-0.2, 0) is 14.3 Å². The zero-order chi connectivity index (χ0) is 18.1. The quantitative estimate of drug-likeness (QED) is 0.450. The number of hydrogen-bond donors (Lipinski definition) is 0. The molecule has 0 spiro atoms. The number of halogens is 2. The van der Waals surface area contributed by atoms with Crippen LogP contribution in [0.2, 0.25) is 0 Å². The second-order valence-corrected chi connectivity index (χ2v) is 6.43. The number of imide groups is 2. The molecule has 9 heteroatoms. The molecule has 1 aliphatic carbocycles. The lowest BCUT2D eigenvalue weighted by Gasteiger charge is -2.18. The first-order valence-electron chi connectivity index (χ1n) is 7.66. The molecule has 4 amide bonds. The molecule has 0 N–H and O–H groups in total. The highest BCUT2D eigenvalue weighted by molar-refractivity contribution is 6.52. The third-order valence-corrected chi connectivity index (χ3v) is 4.40. The predicted molar refractivity (Wildman–Crippen MR) is 86.2 cm³/mol. The molecule has 0 aromatic heterocycles. The molecule has 25 heavy (non-hydrogen) atoms. The van der Waals surface area contributed by atoms with Gasteiger partial charge in [-0.1, -0.05) is 6.07 Å². The van der Waals surface area contributed by atoms with Crippen molar-refractivity contribution in [3.05, 3.63) is 24.3 Å². The van der Waals surface area contributed by atoms with E-state index in [0.29, 0.717) is 11.3 Å². The van der Waals surface area contributed by atoms with Gasteiger partial charge in [-0.3, -0.25) is 9.59 Å². The monoisotopic (exact) mass is 370 g/mol. The van der Waals surface area contributed by atoms with Crippen LogP contribution in [0.1, 0.15) is 12.8 Å². The fraction of sp³-hybridized carbons (Fsp3) is 0.438. The van der Waals surface area contributed by atoms with Gasteiger partial charge in [0.05, 0.1) is 5.69 Å². The molecule has 3 atom stereocenters. The van der Waals surface area contributed by atoms with E-state index >= 15 is 0 Å². The topological polar surface area (TPSA) is 76.2 Å². The zero-order valence-corrected chi connectivity index (χ0v) is 14.1. The molecule has 1 aromatic carbocycles. The van der Waals surface area contributed by atoms with E-state index in [2.05, 4.69) is 0 Å². The van der Waals surface area contributed by atoms with Crippen molar-refractivity contribution in [2.75, 3.05) is 18.7 Å². The molecule has 7 nitrogen and oxygen atoms in total. The van der Waals surface area contributed by atoms with E-state index in [1.54, 1.807) is 12.1 Å². The van der Waals surface area contributed by atoms with Crippen molar-refractivity contribution < 1.29 is 28.2 Å². The molecule has 3 unspecified atom stereocenters. The van der Waals surface area contributed by atoms with Gasteiger partial charge in [-0.25, -0.2) is 19.0 Å². The summed E-state index contributed by atoms with van der Waals surface area (Å²) in [6, 6.07) is 5.22. The van der Waals surface area contributed by atoms with E-state index in [0.717, 1.165) is 4.90 Å². The summed E-state index contributed by atoms with van der Waals surface area (Å²) in [4.78, 5) is 37.7. The molecule has 1 heterocycles. The highest BCUT2D eigenvalue weighted by Gasteiger charge is 2.45. The Morgan fingerprint density at radius 3 is 2.64 bits per heavy atom. The van der Waals surface area contributed by atoms with Crippen LogP contribution in [0.3, 0.4) is 0 Å². The molecule has 0 radical (unpaired) electrons. The molecular weight excluding hydrogens is 355 g/mol. The molecule has 1 saturated carbocycles. The van der Waals surface area contributed by atoms with Gasteiger partial charge in [0.25, 0.3) is 0 Å². The normalized spacial score (nSPS) is 26.7. The maximum absolute atomic E-state index is 13.8. The molecule has 1 saturated heterocycles. The van der Waals surface area contributed by atoms with Gasteiger partial charge in [0.15, 0.2) is 0 Å². The maximum atomic E-state index is 13.8. The summed E-state index contributed by atoms with van der Waals surface area (Å²) in [5.41, 5.74) is 0.162. The van der Waals surface area contributed by atoms with Gasteiger partial charge in [-0.2, -0.15) is 0 Å². The summed E-state index contributed by atoms with van der Waals surface area (Å²) in [5, 5.41) is -0.287. The van der Waals surface area contributed by atoms with Gasteiger partial charge in [-0.05, 0) is 18.6 Å². The lowest BCUT2D eigenvalue weighted by molar-refractivity contribution is -0.141. The van der Waals surface area contributed by atoms with E-state index in [1.807, 2.05) is 0 Å². The largest absolute Gasteiger partial charge is 0.487 e. The molecule has 3 rings (SSSR count). The fourth-order valence-electron chi connectivity index (χ4n) is 2.86. The number of nitrogens with zero attached hydrogens (tertiary/aromatic N) is 2. The number of methoxy groups -OCH3 is 1. The first-order chi connectivity index (χ1) is 11.9. The molecule has 0 bridgehead atoms. The SMILES string of the molecule is COCN1C(=O)C(=O)N(c2cccc(OC3CC(Cl)CC3F)c2)C1=O. The molecule has 1 aliphatic heterocycles. The van der Waals surface area contributed by atoms with Crippen molar-refractivity contribution in [1.82, 2.24) is 4.90 Å². The highest BCUT2D eigenvalue weighted by atomic mass is 35.5. The van der Waals surface area contributed by atoms with Gasteiger partial charge >= 0.3 is 17.8 Å². The third kappa shape index (κ3) is 3.32. The van der Waals surface area contributed by atoms with E-state index in [4.69, 9.17) is 21.1 Å². The van der Waals surface area contributed by atoms with Crippen molar-refractivity contribution >= 4 is 35.1 Å². The number of amides is 4. The number of rotatable bonds is 5. The Balaban J connectivity index is 1.81. The Morgan fingerprint density at radius 2 is 2.00 bits per heavy atom. The lowest BCUT2D eigenvalue weighted by Crippen LogP contribution is -2.34. The maximum Gasteiger partial charge on any atom is 0.340 e. The fourth-order valence-corrected chi connectivity index (χ4v) is 3.21. The molecule has 2 fully saturated rings. The minimum absolute atomic E-state index is 0.162. The Hall–Kier alpha value is -2.19. The first kappa shape index (κ1) is 17.6. The van der Waals surface area contributed by atoms with E-state index in [1.165, 1.54) is 19.2 Å². The minimum Gasteiger partial charge on any atom is -0.487 e. The number of benzene rings is 1. The number of carbonyl (C=O) groups is 3. The Bertz CT molecular complexity index is 716. The lowest BCUT2D eigenvalue weighted by atomic mass is 10.2. The van der Waals surface area contributed by atoms with Crippen LogP contribution in [-0.4, -0.2) is 54.2 Å². The Morgan fingerprint density at radius 1 is 1.24 bits per heavy atom. The number of hydrogen-bond acceptors (Lipinski definition) is 5. The number of alkyl halides is 2. The van der Waals surface area contributed by atoms with Crippen molar-refractivity contribution in [1.29, 1.82) is 0 Å². The van der Waals surface area contributed by atoms with Crippen LogP contribution < -0.4 is 9.64 Å². The van der Waals surface area contributed by atoms with E-state index in [-0.39, 0.29) is 30.0 Å². The van der Waals surface area contributed by atoms with Crippen molar-refractivity contribution in [2.45, 2.75) is 30.5 Å². The van der Waals surface area contributed by atoms with Crippen molar-refractivity contribution in [2.24, 2.45) is 0 Å². The smallest absolute Gasteiger partial charge is 0.340 e. The summed E-state index contributed by atoms with van der Waals surface area (Å²) in [6.45, 7) is -0.321. The van der Waals surface area contributed by atoms with E-state index < -0.39 is 30.1 Å². The van der Waals surface area contributed by atoms with Crippen LogP contribution in [0.5, 0.6) is 5.75 Å². The zero-order valence-electron chi connectivity index (χ0n) is 13.4. The summed E-state index contributed by atoms with van der Waals surface area (Å²) < 4.78 is 24.2. The average Bonchev–Trinajstić information content (AvgIpc) is 2.99. The van der Waals surface area contributed by atoms with Crippen LogP contribution in [0.4, 0.5) is 14.9 Å². The summed E-state index contributed by atoms with van der Waals surface area (Å²) >= 11 is 5.93. The van der Waals surface area contributed by atoms with Crippen molar-refractivity contribution in [3.8, 4) is 5.75 Å². The second kappa shape index (κ2) is 6.97. The molecule has 134 valence electrons. The number of urea groups is 1. The van der Waals surface area contributed by atoms with Crippen molar-refractivity contribution in [3.63, 3.8) is 0 Å². The number of carbonyl (C=O) groups excluding carboxylic acids is 3. The standard InChI is InChI=1S/C16H16ClFN2O5/c1-24-8-19-14(21)15(22)20(16(19)23)10-3-2-4-11(7-10)25-13-6-9(17)5-12(13)18/h2-4,7,9,12-13H,5-6,8H2,1H3. The predicted octanol–water partition coefficient (Wildman–Crippen LogP) is 2.07.